The van der Waals surface area contributed by atoms with Crippen LogP contribution in [0, 0.1) is 0 Å². The lowest BCUT2D eigenvalue weighted by atomic mass is 10.2. The summed E-state index contributed by atoms with van der Waals surface area (Å²) in [5.41, 5.74) is 1.09. The van der Waals surface area contributed by atoms with E-state index in [9.17, 15) is 0 Å². The highest BCUT2D eigenvalue weighted by atomic mass is 32.1. The van der Waals surface area contributed by atoms with E-state index < -0.39 is 0 Å². The molecule has 1 aliphatic rings. The van der Waals surface area contributed by atoms with Crippen molar-refractivity contribution in [3.63, 3.8) is 0 Å². The minimum Gasteiger partial charge on any atom is -0.481 e. The van der Waals surface area contributed by atoms with Crippen LogP contribution in [0.25, 0.3) is 0 Å². The van der Waals surface area contributed by atoms with Gasteiger partial charge in [-0.1, -0.05) is 18.2 Å². The Hall–Kier alpha value is -1.48. The van der Waals surface area contributed by atoms with E-state index in [0.29, 0.717) is 0 Å². The maximum Gasteiger partial charge on any atom is 0.150 e. The minimum atomic E-state index is 0.153. The first kappa shape index (κ1) is 8.80. The second-order valence-corrected chi connectivity index (χ2v) is 4.48. The molecule has 76 valence electrons. The van der Waals surface area contributed by atoms with Crippen molar-refractivity contribution in [1.29, 1.82) is 0 Å². The Balaban J connectivity index is 1.89. The lowest BCUT2D eigenvalue weighted by Crippen LogP contribution is -2.22. The summed E-state index contributed by atoms with van der Waals surface area (Å²) in [6, 6.07) is 12.2. The highest BCUT2D eigenvalue weighted by Crippen LogP contribution is 2.34. The molecule has 3 heteroatoms. The summed E-state index contributed by atoms with van der Waals surface area (Å²) in [4.78, 5) is 1.28. The first-order valence-electron chi connectivity index (χ1n) is 4.96. The van der Waals surface area contributed by atoms with Gasteiger partial charge in [0.2, 0.25) is 0 Å². The summed E-state index contributed by atoms with van der Waals surface area (Å²) >= 11 is 1.74. The van der Waals surface area contributed by atoms with Crippen molar-refractivity contribution < 1.29 is 4.74 Å². The van der Waals surface area contributed by atoms with Crippen LogP contribution in [0.4, 0.5) is 5.69 Å². The molecule has 1 aromatic heterocycles. The van der Waals surface area contributed by atoms with Crippen molar-refractivity contribution in [3.05, 3.63) is 46.7 Å². The van der Waals surface area contributed by atoms with E-state index in [1.54, 1.807) is 11.3 Å². The van der Waals surface area contributed by atoms with Gasteiger partial charge in [-0.25, -0.2) is 0 Å². The molecule has 0 aliphatic carbocycles. The number of anilines is 1. The predicted molar refractivity (Wildman–Crippen MR) is 62.6 cm³/mol. The third kappa shape index (κ3) is 1.59. The normalized spacial score (nSPS) is 18.8. The van der Waals surface area contributed by atoms with E-state index in [-0.39, 0.29) is 6.10 Å². The summed E-state index contributed by atoms with van der Waals surface area (Å²) in [5, 5.41) is 5.47. The minimum absolute atomic E-state index is 0.153. The van der Waals surface area contributed by atoms with Crippen molar-refractivity contribution in [2.75, 3.05) is 11.9 Å². The molecule has 1 aromatic carbocycles. The van der Waals surface area contributed by atoms with Crippen LogP contribution in [0.3, 0.4) is 0 Å². The molecule has 2 aromatic rings. The number of ether oxygens (including phenoxy) is 1. The SMILES string of the molecule is c1csc(C2CNc3ccccc3O2)c1. The number of nitrogens with one attached hydrogen (secondary N) is 1. The fourth-order valence-electron chi connectivity index (χ4n) is 1.75. The third-order valence-electron chi connectivity index (χ3n) is 2.49. The summed E-state index contributed by atoms with van der Waals surface area (Å²) in [7, 11) is 0. The van der Waals surface area contributed by atoms with Gasteiger partial charge in [-0.15, -0.1) is 11.3 Å². The Morgan fingerprint density at radius 3 is 3.00 bits per heavy atom. The summed E-state index contributed by atoms with van der Waals surface area (Å²) in [6.07, 6.45) is 0.153. The zero-order chi connectivity index (χ0) is 10.1. The average molecular weight is 217 g/mol. The molecule has 2 heterocycles. The zero-order valence-electron chi connectivity index (χ0n) is 8.14. The Kier molecular flexibility index (Phi) is 2.10. The maximum atomic E-state index is 5.92. The fourth-order valence-corrected chi connectivity index (χ4v) is 2.50. The summed E-state index contributed by atoms with van der Waals surface area (Å²) < 4.78 is 5.92. The molecule has 0 bridgehead atoms. The second kappa shape index (κ2) is 3.59. The molecule has 1 atom stereocenters. The summed E-state index contributed by atoms with van der Waals surface area (Å²) in [5.74, 6) is 0.946. The van der Waals surface area contributed by atoms with Crippen LogP contribution in [0.5, 0.6) is 5.75 Å². The van der Waals surface area contributed by atoms with Gasteiger partial charge in [-0.05, 0) is 23.6 Å². The molecule has 0 spiro atoms. The first-order chi connectivity index (χ1) is 7.43. The Morgan fingerprint density at radius 1 is 1.20 bits per heavy atom. The van der Waals surface area contributed by atoms with Crippen LogP contribution in [-0.2, 0) is 0 Å². The molecule has 15 heavy (non-hydrogen) atoms. The van der Waals surface area contributed by atoms with Crippen LogP contribution in [0.1, 0.15) is 11.0 Å². The van der Waals surface area contributed by atoms with Crippen molar-refractivity contribution in [2.45, 2.75) is 6.10 Å². The van der Waals surface area contributed by atoms with Crippen molar-refractivity contribution >= 4 is 17.0 Å². The van der Waals surface area contributed by atoms with Gasteiger partial charge in [0, 0.05) is 4.88 Å². The third-order valence-corrected chi connectivity index (χ3v) is 3.46. The highest BCUT2D eigenvalue weighted by Gasteiger charge is 2.20. The number of para-hydroxylation sites is 2. The smallest absolute Gasteiger partial charge is 0.150 e. The quantitative estimate of drug-likeness (QED) is 0.791. The lowest BCUT2D eigenvalue weighted by molar-refractivity contribution is 0.214. The van der Waals surface area contributed by atoms with Crippen LogP contribution in [0.2, 0.25) is 0 Å². The van der Waals surface area contributed by atoms with Crippen LogP contribution in [-0.4, -0.2) is 6.54 Å². The predicted octanol–water partition coefficient (Wildman–Crippen LogP) is 3.29. The van der Waals surface area contributed by atoms with Crippen molar-refractivity contribution in [2.24, 2.45) is 0 Å². The van der Waals surface area contributed by atoms with Gasteiger partial charge in [0.15, 0.2) is 6.10 Å². The molecule has 0 saturated carbocycles. The van der Waals surface area contributed by atoms with E-state index in [4.69, 9.17) is 4.74 Å². The van der Waals surface area contributed by atoms with E-state index in [1.165, 1.54) is 4.88 Å². The maximum absolute atomic E-state index is 5.92. The Bertz CT molecular complexity index is 452. The van der Waals surface area contributed by atoms with E-state index >= 15 is 0 Å². The van der Waals surface area contributed by atoms with Crippen molar-refractivity contribution in [1.82, 2.24) is 0 Å². The van der Waals surface area contributed by atoms with Gasteiger partial charge < -0.3 is 10.1 Å². The van der Waals surface area contributed by atoms with Gasteiger partial charge in [-0.2, -0.15) is 0 Å². The number of fused-ring (bicyclic) bond motifs is 1. The van der Waals surface area contributed by atoms with Crippen molar-refractivity contribution in [3.8, 4) is 5.75 Å². The molecular weight excluding hydrogens is 206 g/mol. The molecule has 1 N–H and O–H groups in total. The standard InChI is InChI=1S/C12H11NOS/c1-2-5-10-9(4-1)13-8-11(14-10)12-6-3-7-15-12/h1-7,11,13H,8H2. The summed E-state index contributed by atoms with van der Waals surface area (Å²) in [6.45, 7) is 0.845. The zero-order valence-corrected chi connectivity index (χ0v) is 8.96. The van der Waals surface area contributed by atoms with Gasteiger partial charge in [0.1, 0.15) is 5.75 Å². The second-order valence-electron chi connectivity index (χ2n) is 3.50. The number of hydrogen-bond donors (Lipinski definition) is 1. The molecule has 1 aliphatic heterocycles. The molecule has 0 radical (unpaired) electrons. The fraction of sp³-hybridized carbons (Fsp3) is 0.167. The number of hydrogen-bond acceptors (Lipinski definition) is 3. The number of thiophene rings is 1. The number of benzene rings is 1. The van der Waals surface area contributed by atoms with Crippen LogP contribution in [0.15, 0.2) is 41.8 Å². The monoisotopic (exact) mass is 217 g/mol. The molecule has 2 nitrogen and oxygen atoms in total. The van der Waals surface area contributed by atoms with E-state index in [1.807, 2.05) is 24.3 Å². The molecule has 0 amide bonds. The van der Waals surface area contributed by atoms with Gasteiger partial charge >= 0.3 is 0 Å². The van der Waals surface area contributed by atoms with E-state index in [0.717, 1.165) is 18.0 Å². The van der Waals surface area contributed by atoms with Crippen LogP contribution < -0.4 is 10.1 Å². The lowest BCUT2D eigenvalue weighted by Gasteiger charge is -2.26. The largest absolute Gasteiger partial charge is 0.481 e. The molecule has 0 saturated heterocycles. The number of rotatable bonds is 1. The van der Waals surface area contributed by atoms with Gasteiger partial charge in [-0.3, -0.25) is 0 Å². The first-order valence-corrected chi connectivity index (χ1v) is 5.84. The highest BCUT2D eigenvalue weighted by molar-refractivity contribution is 7.10. The molecule has 3 rings (SSSR count). The Labute approximate surface area is 92.5 Å². The van der Waals surface area contributed by atoms with E-state index in [2.05, 4.69) is 22.8 Å². The molecule has 1 unspecified atom stereocenters. The molecular formula is C12H11NOS. The average Bonchev–Trinajstić information content (AvgIpc) is 2.82. The molecule has 0 fully saturated rings. The Morgan fingerprint density at radius 2 is 2.13 bits per heavy atom. The topological polar surface area (TPSA) is 21.3 Å². The van der Waals surface area contributed by atoms with Gasteiger partial charge in [0.05, 0.1) is 12.2 Å². The van der Waals surface area contributed by atoms with Gasteiger partial charge in [0.25, 0.3) is 0 Å². The van der Waals surface area contributed by atoms with Crippen LogP contribution >= 0.6 is 11.3 Å².